The number of nitrogens with zero attached hydrogens (tertiary/aromatic N) is 2. The molecule has 0 aromatic heterocycles. The highest BCUT2D eigenvalue weighted by molar-refractivity contribution is 6.04. The summed E-state index contributed by atoms with van der Waals surface area (Å²) in [5, 5.41) is 8.83. The van der Waals surface area contributed by atoms with Crippen molar-refractivity contribution in [1.29, 1.82) is 0 Å². The molecule has 3 aromatic carbocycles. The maximum absolute atomic E-state index is 13.4. The first-order valence-corrected chi connectivity index (χ1v) is 13.2. The number of hydrogen-bond acceptors (Lipinski definition) is 5. The van der Waals surface area contributed by atoms with E-state index in [0.717, 1.165) is 63.6 Å². The van der Waals surface area contributed by atoms with Gasteiger partial charge in [-0.15, -0.1) is 0 Å². The number of amides is 3. The maximum Gasteiger partial charge on any atom is 0.323 e. The van der Waals surface area contributed by atoms with Crippen molar-refractivity contribution in [1.82, 2.24) is 10.2 Å². The first-order chi connectivity index (χ1) is 18.5. The number of ether oxygens (including phenoxy) is 1. The summed E-state index contributed by atoms with van der Waals surface area (Å²) in [6.07, 6.45) is 0.924. The number of hydrogen-bond donors (Lipinski definition) is 3. The number of fused-ring (bicyclic) bond motifs is 1. The fraction of sp³-hybridized carbons (Fsp3) is 0.333. The van der Waals surface area contributed by atoms with Crippen molar-refractivity contribution < 1.29 is 14.3 Å². The molecular weight excluding hydrogens is 478 g/mol. The van der Waals surface area contributed by atoms with E-state index in [9.17, 15) is 9.59 Å². The molecule has 38 heavy (non-hydrogen) atoms. The van der Waals surface area contributed by atoms with Crippen LogP contribution in [0.3, 0.4) is 0 Å². The van der Waals surface area contributed by atoms with Crippen LogP contribution in [0.5, 0.6) is 0 Å². The number of carbonyl (C=O) groups excluding carboxylic acids is 2. The molecule has 198 valence electrons. The predicted octanol–water partition coefficient (Wildman–Crippen LogP) is 4.26. The Kier molecular flexibility index (Phi) is 8.21. The van der Waals surface area contributed by atoms with Gasteiger partial charge in [-0.1, -0.05) is 42.0 Å². The number of anilines is 3. The van der Waals surface area contributed by atoms with E-state index in [1.54, 1.807) is 6.07 Å². The van der Waals surface area contributed by atoms with Crippen LogP contribution in [-0.4, -0.2) is 62.8 Å². The average molecular weight is 514 g/mol. The Balaban J connectivity index is 1.32. The molecule has 0 aliphatic carbocycles. The van der Waals surface area contributed by atoms with Crippen LogP contribution < -0.4 is 20.9 Å². The lowest BCUT2D eigenvalue weighted by atomic mass is 9.98. The fourth-order valence-electron chi connectivity index (χ4n) is 4.95. The standard InChI is InChI=1S/C30H35N5O3/c1-22-6-8-25(9-7-22)32-30(37)33-26-10-11-28(35-14-12-23-4-2-3-5-24(23)21-35)27(20-26)29(36)31-13-15-34-16-18-38-19-17-34/h2-11,20H,12-19,21H2,1H3,(H,31,36)(H2,32,33,37). The Labute approximate surface area is 224 Å². The Hall–Kier alpha value is -3.88. The van der Waals surface area contributed by atoms with Crippen LogP contribution in [0.15, 0.2) is 66.7 Å². The highest BCUT2D eigenvalue weighted by Crippen LogP contribution is 2.29. The number of aryl methyl sites for hydroxylation is 1. The molecule has 3 N–H and O–H groups in total. The van der Waals surface area contributed by atoms with Crippen molar-refractivity contribution in [2.75, 3.05) is 61.5 Å². The highest BCUT2D eigenvalue weighted by atomic mass is 16.5. The van der Waals surface area contributed by atoms with Crippen molar-refractivity contribution in [2.24, 2.45) is 0 Å². The molecule has 1 fully saturated rings. The molecule has 0 atom stereocenters. The van der Waals surface area contributed by atoms with E-state index in [0.29, 0.717) is 23.5 Å². The van der Waals surface area contributed by atoms with Gasteiger partial charge in [0.05, 0.1) is 18.8 Å². The molecule has 1 saturated heterocycles. The van der Waals surface area contributed by atoms with Crippen LogP contribution in [0.1, 0.15) is 27.0 Å². The molecule has 8 nitrogen and oxygen atoms in total. The minimum absolute atomic E-state index is 0.144. The van der Waals surface area contributed by atoms with Gasteiger partial charge in [-0.05, 0) is 54.8 Å². The molecule has 0 spiro atoms. The van der Waals surface area contributed by atoms with Crippen molar-refractivity contribution in [3.63, 3.8) is 0 Å². The first kappa shape index (κ1) is 25.8. The smallest absolute Gasteiger partial charge is 0.323 e. The zero-order chi connectivity index (χ0) is 26.3. The minimum Gasteiger partial charge on any atom is -0.379 e. The topological polar surface area (TPSA) is 85.9 Å². The number of carbonyl (C=O) groups is 2. The van der Waals surface area contributed by atoms with Crippen LogP contribution >= 0.6 is 0 Å². The summed E-state index contributed by atoms with van der Waals surface area (Å²) in [6, 6.07) is 21.3. The fourth-order valence-corrected chi connectivity index (χ4v) is 4.95. The molecule has 2 heterocycles. The van der Waals surface area contributed by atoms with Gasteiger partial charge in [0.15, 0.2) is 0 Å². The summed E-state index contributed by atoms with van der Waals surface area (Å²) < 4.78 is 5.42. The summed E-state index contributed by atoms with van der Waals surface area (Å²) in [5.74, 6) is -0.144. The summed E-state index contributed by atoms with van der Waals surface area (Å²) in [6.45, 7) is 8.11. The van der Waals surface area contributed by atoms with Gasteiger partial charge in [-0.2, -0.15) is 0 Å². The van der Waals surface area contributed by atoms with Gasteiger partial charge in [0.1, 0.15) is 0 Å². The lowest BCUT2D eigenvalue weighted by molar-refractivity contribution is 0.0383. The van der Waals surface area contributed by atoms with Crippen molar-refractivity contribution >= 4 is 29.0 Å². The quantitative estimate of drug-likeness (QED) is 0.440. The van der Waals surface area contributed by atoms with Crippen LogP contribution in [0.4, 0.5) is 21.9 Å². The van der Waals surface area contributed by atoms with Crippen LogP contribution in [-0.2, 0) is 17.7 Å². The number of morpholine rings is 1. The maximum atomic E-state index is 13.4. The molecular formula is C30H35N5O3. The van der Waals surface area contributed by atoms with Crippen LogP contribution in [0.25, 0.3) is 0 Å². The van der Waals surface area contributed by atoms with E-state index in [4.69, 9.17) is 4.74 Å². The first-order valence-electron chi connectivity index (χ1n) is 13.2. The van der Waals surface area contributed by atoms with Crippen LogP contribution in [0, 0.1) is 6.92 Å². The van der Waals surface area contributed by atoms with Crippen molar-refractivity contribution in [2.45, 2.75) is 19.9 Å². The number of nitrogens with one attached hydrogen (secondary N) is 3. The normalized spacial score (nSPS) is 15.4. The lowest BCUT2D eigenvalue weighted by Gasteiger charge is -2.32. The SMILES string of the molecule is Cc1ccc(NC(=O)Nc2ccc(N3CCc4ccccc4C3)c(C(=O)NCCN3CCOCC3)c2)cc1. The molecule has 3 amide bonds. The van der Waals surface area contributed by atoms with E-state index >= 15 is 0 Å². The second-order valence-corrected chi connectivity index (χ2v) is 9.83. The monoisotopic (exact) mass is 513 g/mol. The third-order valence-corrected chi connectivity index (χ3v) is 7.10. The van der Waals surface area contributed by atoms with E-state index in [2.05, 4.69) is 50.0 Å². The second kappa shape index (κ2) is 12.1. The Morgan fingerprint density at radius 1 is 0.868 bits per heavy atom. The summed E-state index contributed by atoms with van der Waals surface area (Å²) in [7, 11) is 0. The zero-order valence-electron chi connectivity index (χ0n) is 21.8. The Bertz CT molecular complexity index is 1270. The Morgan fingerprint density at radius 2 is 1.58 bits per heavy atom. The molecule has 3 aromatic rings. The molecule has 5 rings (SSSR count). The summed E-state index contributed by atoms with van der Waals surface area (Å²) in [4.78, 5) is 30.7. The van der Waals surface area contributed by atoms with E-state index < -0.39 is 0 Å². The van der Waals surface area contributed by atoms with Gasteiger partial charge in [-0.25, -0.2) is 4.79 Å². The molecule has 8 heteroatoms. The van der Waals surface area contributed by atoms with Gasteiger partial charge >= 0.3 is 6.03 Å². The van der Waals surface area contributed by atoms with Crippen molar-refractivity contribution in [3.05, 3.63) is 89.0 Å². The molecule has 0 radical (unpaired) electrons. The highest BCUT2D eigenvalue weighted by Gasteiger charge is 2.22. The van der Waals surface area contributed by atoms with Gasteiger partial charge in [-0.3, -0.25) is 9.69 Å². The van der Waals surface area contributed by atoms with Gasteiger partial charge < -0.3 is 25.6 Å². The van der Waals surface area contributed by atoms with Gasteiger partial charge in [0.25, 0.3) is 5.91 Å². The molecule has 0 saturated carbocycles. The largest absolute Gasteiger partial charge is 0.379 e. The molecule has 2 aliphatic heterocycles. The van der Waals surface area contributed by atoms with E-state index in [1.165, 1.54) is 11.1 Å². The summed E-state index contributed by atoms with van der Waals surface area (Å²) >= 11 is 0. The lowest BCUT2D eigenvalue weighted by Crippen LogP contribution is -2.41. The third-order valence-electron chi connectivity index (χ3n) is 7.10. The van der Waals surface area contributed by atoms with Gasteiger partial charge in [0.2, 0.25) is 0 Å². The van der Waals surface area contributed by atoms with Crippen LogP contribution in [0.2, 0.25) is 0 Å². The Morgan fingerprint density at radius 3 is 2.37 bits per heavy atom. The molecule has 0 bridgehead atoms. The predicted molar refractivity (Wildman–Crippen MR) is 151 cm³/mol. The second-order valence-electron chi connectivity index (χ2n) is 9.83. The summed E-state index contributed by atoms with van der Waals surface area (Å²) in [5.41, 5.74) is 6.44. The minimum atomic E-state index is -0.354. The van der Waals surface area contributed by atoms with Crippen molar-refractivity contribution in [3.8, 4) is 0 Å². The molecule has 0 unspecified atom stereocenters. The zero-order valence-corrected chi connectivity index (χ0v) is 21.8. The number of benzene rings is 3. The van der Waals surface area contributed by atoms with E-state index in [-0.39, 0.29) is 11.9 Å². The number of urea groups is 1. The van der Waals surface area contributed by atoms with E-state index in [1.807, 2.05) is 43.3 Å². The number of rotatable bonds is 7. The molecule has 2 aliphatic rings. The van der Waals surface area contributed by atoms with Gasteiger partial charge in [0, 0.05) is 56.3 Å². The average Bonchev–Trinajstić information content (AvgIpc) is 2.94. The third kappa shape index (κ3) is 6.51.